The van der Waals surface area contributed by atoms with E-state index >= 15 is 0 Å². The molecule has 1 unspecified atom stereocenters. The fourth-order valence-corrected chi connectivity index (χ4v) is 3.96. The SMILES string of the molecule is CNC(=O)C(NC(=O)c1nn(-c2ccccc2C)c2c1CCC2)c1ccc(F)c(F)c1. The van der Waals surface area contributed by atoms with Crippen molar-refractivity contribution in [3.8, 4) is 5.69 Å². The lowest BCUT2D eigenvalue weighted by Crippen LogP contribution is -2.39. The molecule has 0 aliphatic heterocycles. The number of aromatic nitrogens is 2. The van der Waals surface area contributed by atoms with Crippen molar-refractivity contribution in [2.24, 2.45) is 0 Å². The molecular weight excluding hydrogens is 402 g/mol. The highest BCUT2D eigenvalue weighted by Gasteiger charge is 2.30. The maximum Gasteiger partial charge on any atom is 0.272 e. The predicted octanol–water partition coefficient (Wildman–Crippen LogP) is 3.16. The molecule has 1 aliphatic carbocycles. The zero-order chi connectivity index (χ0) is 22.1. The zero-order valence-electron chi connectivity index (χ0n) is 17.2. The zero-order valence-corrected chi connectivity index (χ0v) is 17.2. The summed E-state index contributed by atoms with van der Waals surface area (Å²) in [5.41, 5.74) is 4.12. The van der Waals surface area contributed by atoms with E-state index in [1.807, 2.05) is 31.2 Å². The van der Waals surface area contributed by atoms with Gasteiger partial charge in [-0.3, -0.25) is 9.59 Å². The number of carbonyl (C=O) groups is 2. The van der Waals surface area contributed by atoms with Gasteiger partial charge in [-0.15, -0.1) is 0 Å². The van der Waals surface area contributed by atoms with E-state index in [1.54, 1.807) is 4.68 Å². The number of amides is 2. The second-order valence-corrected chi connectivity index (χ2v) is 7.52. The molecule has 0 bridgehead atoms. The largest absolute Gasteiger partial charge is 0.357 e. The Morgan fingerprint density at radius 2 is 1.87 bits per heavy atom. The monoisotopic (exact) mass is 424 g/mol. The topological polar surface area (TPSA) is 76.0 Å². The van der Waals surface area contributed by atoms with Gasteiger partial charge in [0.25, 0.3) is 5.91 Å². The van der Waals surface area contributed by atoms with Crippen molar-refractivity contribution in [2.45, 2.75) is 32.2 Å². The van der Waals surface area contributed by atoms with Crippen LogP contribution in [0.3, 0.4) is 0 Å². The minimum atomic E-state index is -1.19. The van der Waals surface area contributed by atoms with Gasteiger partial charge in [0.15, 0.2) is 17.3 Å². The fourth-order valence-electron chi connectivity index (χ4n) is 3.96. The molecule has 4 rings (SSSR count). The molecule has 2 aromatic carbocycles. The average Bonchev–Trinajstić information content (AvgIpc) is 3.37. The van der Waals surface area contributed by atoms with Gasteiger partial charge in [-0.2, -0.15) is 5.10 Å². The lowest BCUT2D eigenvalue weighted by molar-refractivity contribution is -0.122. The summed E-state index contributed by atoms with van der Waals surface area (Å²) >= 11 is 0. The number of rotatable bonds is 5. The first-order chi connectivity index (χ1) is 14.9. The molecule has 0 spiro atoms. The molecule has 8 heteroatoms. The number of aryl methyl sites for hydroxylation is 1. The number of para-hydroxylation sites is 1. The lowest BCUT2D eigenvalue weighted by Gasteiger charge is -2.17. The second kappa shape index (κ2) is 8.29. The van der Waals surface area contributed by atoms with Crippen LogP contribution in [0.1, 0.15) is 45.3 Å². The molecule has 0 saturated heterocycles. The molecule has 0 fully saturated rings. The highest BCUT2D eigenvalue weighted by molar-refractivity contribution is 5.98. The highest BCUT2D eigenvalue weighted by Crippen LogP contribution is 2.29. The van der Waals surface area contributed by atoms with Gasteiger partial charge in [0.2, 0.25) is 5.91 Å². The number of carbonyl (C=O) groups excluding carboxylic acids is 2. The lowest BCUT2D eigenvalue weighted by atomic mass is 10.0. The van der Waals surface area contributed by atoms with E-state index in [4.69, 9.17) is 0 Å². The summed E-state index contributed by atoms with van der Waals surface area (Å²) in [4.78, 5) is 25.6. The first-order valence-corrected chi connectivity index (χ1v) is 10.0. The summed E-state index contributed by atoms with van der Waals surface area (Å²) in [6.07, 6.45) is 2.41. The summed E-state index contributed by atoms with van der Waals surface area (Å²) in [6.45, 7) is 1.97. The molecule has 1 aliphatic rings. The van der Waals surface area contributed by atoms with Crippen molar-refractivity contribution in [3.05, 3.63) is 82.2 Å². The number of benzene rings is 2. The van der Waals surface area contributed by atoms with Crippen molar-refractivity contribution in [3.63, 3.8) is 0 Å². The van der Waals surface area contributed by atoms with E-state index in [2.05, 4.69) is 15.7 Å². The van der Waals surface area contributed by atoms with Gasteiger partial charge in [-0.05, 0) is 55.5 Å². The second-order valence-electron chi connectivity index (χ2n) is 7.52. The van der Waals surface area contributed by atoms with Crippen LogP contribution in [0.5, 0.6) is 0 Å². The van der Waals surface area contributed by atoms with Crippen LogP contribution in [0.4, 0.5) is 8.78 Å². The smallest absolute Gasteiger partial charge is 0.272 e. The summed E-state index contributed by atoms with van der Waals surface area (Å²) in [7, 11) is 1.41. The van der Waals surface area contributed by atoms with Gasteiger partial charge in [-0.1, -0.05) is 24.3 Å². The number of likely N-dealkylation sites (N-methyl/N-ethyl adjacent to an activating group) is 1. The highest BCUT2D eigenvalue weighted by atomic mass is 19.2. The Hall–Kier alpha value is -3.55. The van der Waals surface area contributed by atoms with Gasteiger partial charge < -0.3 is 10.6 Å². The Kier molecular flexibility index (Phi) is 5.54. The minimum absolute atomic E-state index is 0.140. The maximum absolute atomic E-state index is 13.7. The first kappa shape index (κ1) is 20.7. The molecule has 0 saturated carbocycles. The molecule has 160 valence electrons. The summed E-state index contributed by atoms with van der Waals surface area (Å²) in [6, 6.07) is 9.69. The van der Waals surface area contributed by atoms with Crippen LogP contribution in [0.25, 0.3) is 5.69 Å². The molecule has 0 radical (unpaired) electrons. The van der Waals surface area contributed by atoms with E-state index in [9.17, 15) is 18.4 Å². The Morgan fingerprint density at radius 1 is 1.10 bits per heavy atom. The molecule has 1 heterocycles. The minimum Gasteiger partial charge on any atom is -0.357 e. The first-order valence-electron chi connectivity index (χ1n) is 10.0. The van der Waals surface area contributed by atoms with Gasteiger partial charge >= 0.3 is 0 Å². The molecule has 2 N–H and O–H groups in total. The van der Waals surface area contributed by atoms with Crippen molar-refractivity contribution in [1.82, 2.24) is 20.4 Å². The predicted molar refractivity (Wildman–Crippen MR) is 111 cm³/mol. The quantitative estimate of drug-likeness (QED) is 0.661. The normalized spacial score (nSPS) is 13.5. The summed E-state index contributed by atoms with van der Waals surface area (Å²) < 4.78 is 28.9. The third-order valence-corrected chi connectivity index (χ3v) is 5.55. The molecule has 1 aromatic heterocycles. The van der Waals surface area contributed by atoms with Crippen LogP contribution in [-0.2, 0) is 17.6 Å². The summed E-state index contributed by atoms with van der Waals surface area (Å²) in [5, 5.41) is 9.66. The standard InChI is InChI=1S/C23H22F2N4O2/c1-13-6-3-4-8-18(13)29-19-9-5-7-15(19)21(28-29)23(31)27-20(22(30)26-2)14-10-11-16(24)17(25)12-14/h3-4,6,8,10-12,20H,5,7,9H2,1-2H3,(H,26,30)(H,27,31). The number of nitrogens with one attached hydrogen (secondary N) is 2. The van der Waals surface area contributed by atoms with Gasteiger partial charge in [0, 0.05) is 18.3 Å². The molecule has 31 heavy (non-hydrogen) atoms. The van der Waals surface area contributed by atoms with Gasteiger partial charge in [0.1, 0.15) is 6.04 Å². The van der Waals surface area contributed by atoms with Crippen LogP contribution in [0.2, 0.25) is 0 Å². The van der Waals surface area contributed by atoms with Crippen LogP contribution in [0.15, 0.2) is 42.5 Å². The molecule has 1 atom stereocenters. The Morgan fingerprint density at radius 3 is 2.58 bits per heavy atom. The third-order valence-electron chi connectivity index (χ3n) is 5.55. The molecule has 6 nitrogen and oxygen atoms in total. The van der Waals surface area contributed by atoms with E-state index in [1.165, 1.54) is 13.1 Å². The van der Waals surface area contributed by atoms with Gasteiger partial charge in [-0.25, -0.2) is 13.5 Å². The number of nitrogens with zero attached hydrogens (tertiary/aromatic N) is 2. The van der Waals surface area contributed by atoms with Crippen molar-refractivity contribution in [1.29, 1.82) is 0 Å². The van der Waals surface area contributed by atoms with Crippen molar-refractivity contribution >= 4 is 11.8 Å². The van der Waals surface area contributed by atoms with Crippen LogP contribution >= 0.6 is 0 Å². The summed E-state index contributed by atoms with van der Waals surface area (Å²) in [5.74, 6) is -3.20. The van der Waals surface area contributed by atoms with Crippen LogP contribution in [0, 0.1) is 18.6 Å². The number of hydrogen-bond donors (Lipinski definition) is 2. The molecule has 3 aromatic rings. The van der Waals surface area contributed by atoms with E-state index < -0.39 is 29.5 Å². The molecular formula is C23H22F2N4O2. The Bertz CT molecular complexity index is 1170. The van der Waals surface area contributed by atoms with Crippen LogP contribution in [-0.4, -0.2) is 28.6 Å². The molecule has 2 amide bonds. The van der Waals surface area contributed by atoms with E-state index in [-0.39, 0.29) is 11.3 Å². The number of hydrogen-bond acceptors (Lipinski definition) is 3. The Balaban J connectivity index is 1.70. The average molecular weight is 424 g/mol. The maximum atomic E-state index is 13.7. The Labute approximate surface area is 178 Å². The van der Waals surface area contributed by atoms with Crippen molar-refractivity contribution in [2.75, 3.05) is 7.05 Å². The number of fused-ring (bicyclic) bond motifs is 1. The van der Waals surface area contributed by atoms with E-state index in [0.29, 0.717) is 6.42 Å². The van der Waals surface area contributed by atoms with E-state index in [0.717, 1.165) is 47.5 Å². The third kappa shape index (κ3) is 3.81. The van der Waals surface area contributed by atoms with Gasteiger partial charge in [0.05, 0.1) is 5.69 Å². The van der Waals surface area contributed by atoms with Crippen LogP contribution < -0.4 is 10.6 Å². The fraction of sp³-hybridized carbons (Fsp3) is 0.261. The number of halogens is 2. The van der Waals surface area contributed by atoms with Crippen molar-refractivity contribution < 1.29 is 18.4 Å².